The number of alkyl halides is 3. The summed E-state index contributed by atoms with van der Waals surface area (Å²) in [5.74, 6) is -1.87. The van der Waals surface area contributed by atoms with E-state index in [1.54, 1.807) is 0 Å². The summed E-state index contributed by atoms with van der Waals surface area (Å²) in [4.78, 5) is 10.9. The van der Waals surface area contributed by atoms with Gasteiger partial charge in [0.15, 0.2) is 0 Å². The predicted octanol–water partition coefficient (Wildman–Crippen LogP) is 2.78. The number of hydrogen-bond donors (Lipinski definition) is 0. The fourth-order valence-corrected chi connectivity index (χ4v) is 1.16. The molecule has 0 aliphatic rings. The molecule has 5 heteroatoms. The minimum absolute atomic E-state index is 0.116. The van der Waals surface area contributed by atoms with Crippen LogP contribution in [0, 0.1) is 0 Å². The summed E-state index contributed by atoms with van der Waals surface area (Å²) >= 11 is 4.50. The molecule has 0 aromatic heterocycles. The molecule has 0 atom stereocenters. The zero-order valence-corrected chi connectivity index (χ0v) is 7.65. The Morgan fingerprint density at radius 1 is 1.29 bits per heavy atom. The molecule has 0 saturated carbocycles. The molecule has 0 radical (unpaired) electrons. The van der Waals surface area contributed by atoms with E-state index in [1.165, 1.54) is 18.2 Å². The lowest BCUT2D eigenvalue weighted by Gasteiger charge is -2.06. The largest absolute Gasteiger partial charge is 0.454 e. The Kier molecular flexibility index (Phi) is 3.00. The molecule has 0 fully saturated rings. The minimum Gasteiger partial charge on any atom is -0.284 e. The van der Waals surface area contributed by atoms with E-state index in [-0.39, 0.29) is 5.56 Å². The van der Waals surface area contributed by atoms with Crippen molar-refractivity contribution in [3.8, 4) is 0 Å². The molecule has 1 aromatic rings. The fraction of sp³-hybridized carbons (Fsp3) is 0.111. The van der Waals surface area contributed by atoms with Crippen molar-refractivity contribution in [3.63, 3.8) is 0 Å². The van der Waals surface area contributed by atoms with Crippen LogP contribution in [0.5, 0.6) is 0 Å². The number of thiocarbonyl (C=S) groups is 1. The quantitative estimate of drug-likeness (QED) is 0.560. The molecule has 1 aromatic carbocycles. The third-order valence-electron chi connectivity index (χ3n) is 1.59. The first kappa shape index (κ1) is 10.8. The number of hydrogen-bond acceptors (Lipinski definition) is 2. The van der Waals surface area contributed by atoms with E-state index >= 15 is 0 Å². The molecule has 0 amide bonds. The number of Topliss-reactive ketones (excluding diaryl/α,β-unsaturated/α-hetero) is 1. The van der Waals surface area contributed by atoms with Crippen LogP contribution in [0.2, 0.25) is 0 Å². The first-order chi connectivity index (χ1) is 6.46. The lowest BCUT2D eigenvalue weighted by atomic mass is 10.0. The van der Waals surface area contributed by atoms with Crippen LogP contribution in [0.25, 0.3) is 0 Å². The van der Waals surface area contributed by atoms with Crippen molar-refractivity contribution in [2.75, 3.05) is 0 Å². The van der Waals surface area contributed by atoms with Crippen molar-refractivity contribution >= 4 is 23.4 Å². The monoisotopic (exact) mass is 218 g/mol. The predicted molar refractivity (Wildman–Crippen MR) is 49.6 cm³/mol. The van der Waals surface area contributed by atoms with Crippen molar-refractivity contribution in [2.24, 2.45) is 0 Å². The number of carbonyl (C=O) groups is 1. The van der Waals surface area contributed by atoms with Gasteiger partial charge < -0.3 is 0 Å². The minimum atomic E-state index is -4.85. The Bertz CT molecular complexity index is 371. The first-order valence-electron chi connectivity index (χ1n) is 3.62. The van der Waals surface area contributed by atoms with E-state index in [4.69, 9.17) is 0 Å². The molecule has 0 spiro atoms. The van der Waals surface area contributed by atoms with Crippen LogP contribution in [0.4, 0.5) is 13.2 Å². The Morgan fingerprint density at radius 2 is 1.86 bits per heavy atom. The van der Waals surface area contributed by atoms with Crippen molar-refractivity contribution in [1.82, 2.24) is 0 Å². The highest BCUT2D eigenvalue weighted by molar-refractivity contribution is 7.79. The van der Waals surface area contributed by atoms with Gasteiger partial charge in [-0.15, -0.1) is 0 Å². The second-order valence-corrected chi connectivity index (χ2v) is 2.77. The number of halogens is 3. The highest BCUT2D eigenvalue weighted by Gasteiger charge is 2.39. The standard InChI is InChI=1S/C9H5F3OS/c10-9(11,12)8(13)7-4-2-1-3-6(7)5-14/h1-5H. The van der Waals surface area contributed by atoms with Crippen LogP contribution in [0.3, 0.4) is 0 Å². The highest BCUT2D eigenvalue weighted by Crippen LogP contribution is 2.22. The molecular formula is C9H5F3OS. The molecular weight excluding hydrogens is 213 g/mol. The van der Waals surface area contributed by atoms with E-state index in [2.05, 4.69) is 12.2 Å². The average molecular weight is 218 g/mol. The summed E-state index contributed by atoms with van der Waals surface area (Å²) in [5, 5.41) is 1.05. The zero-order chi connectivity index (χ0) is 10.8. The Morgan fingerprint density at radius 3 is 2.36 bits per heavy atom. The summed E-state index contributed by atoms with van der Waals surface area (Å²) in [5.41, 5.74) is -0.292. The highest BCUT2D eigenvalue weighted by atomic mass is 32.1. The van der Waals surface area contributed by atoms with E-state index in [9.17, 15) is 18.0 Å². The van der Waals surface area contributed by atoms with E-state index in [1.807, 2.05) is 0 Å². The molecule has 0 aliphatic carbocycles. The summed E-state index contributed by atoms with van der Waals surface area (Å²) in [7, 11) is 0. The second-order valence-electron chi connectivity index (χ2n) is 2.53. The summed E-state index contributed by atoms with van der Waals surface area (Å²) in [6.07, 6.45) is -4.85. The van der Waals surface area contributed by atoms with Gasteiger partial charge in [-0.1, -0.05) is 36.5 Å². The maximum atomic E-state index is 12.1. The third kappa shape index (κ3) is 2.17. The van der Waals surface area contributed by atoms with Gasteiger partial charge in [0.2, 0.25) is 0 Å². The van der Waals surface area contributed by atoms with Gasteiger partial charge in [0.25, 0.3) is 5.78 Å². The van der Waals surface area contributed by atoms with Crippen molar-refractivity contribution in [2.45, 2.75) is 6.18 Å². The Balaban J connectivity index is 3.19. The smallest absolute Gasteiger partial charge is 0.284 e. The van der Waals surface area contributed by atoms with Gasteiger partial charge >= 0.3 is 6.18 Å². The van der Waals surface area contributed by atoms with E-state index < -0.39 is 17.5 Å². The molecule has 1 nitrogen and oxygen atoms in total. The van der Waals surface area contributed by atoms with Crippen LogP contribution in [0.1, 0.15) is 15.9 Å². The summed E-state index contributed by atoms with van der Waals surface area (Å²) < 4.78 is 36.2. The fourth-order valence-electron chi connectivity index (χ4n) is 0.959. The summed E-state index contributed by atoms with van der Waals surface area (Å²) in [6, 6.07) is 5.35. The van der Waals surface area contributed by atoms with Gasteiger partial charge in [-0.25, -0.2) is 0 Å². The Labute approximate surface area is 83.5 Å². The molecule has 74 valence electrons. The van der Waals surface area contributed by atoms with Gasteiger partial charge in [-0.3, -0.25) is 4.79 Å². The normalized spacial score (nSPS) is 11.1. The van der Waals surface area contributed by atoms with Gasteiger partial charge in [-0.2, -0.15) is 13.2 Å². The van der Waals surface area contributed by atoms with Gasteiger partial charge in [0.1, 0.15) is 0 Å². The number of carbonyl (C=O) groups excluding carboxylic acids is 1. The topological polar surface area (TPSA) is 17.1 Å². The van der Waals surface area contributed by atoms with Gasteiger partial charge in [0, 0.05) is 10.9 Å². The van der Waals surface area contributed by atoms with Crippen molar-refractivity contribution in [1.29, 1.82) is 0 Å². The first-order valence-corrected chi connectivity index (χ1v) is 4.09. The molecule has 0 unspecified atom stereocenters. The second kappa shape index (κ2) is 3.88. The zero-order valence-electron chi connectivity index (χ0n) is 6.84. The van der Waals surface area contributed by atoms with Crippen molar-refractivity contribution in [3.05, 3.63) is 35.4 Å². The molecule has 0 aliphatic heterocycles. The van der Waals surface area contributed by atoms with Crippen LogP contribution in [0.15, 0.2) is 24.3 Å². The average Bonchev–Trinajstić information content (AvgIpc) is 2.15. The van der Waals surface area contributed by atoms with Crippen LogP contribution in [-0.4, -0.2) is 17.3 Å². The van der Waals surface area contributed by atoms with Crippen LogP contribution >= 0.6 is 12.2 Å². The van der Waals surface area contributed by atoms with E-state index in [0.29, 0.717) is 0 Å². The maximum absolute atomic E-state index is 12.1. The molecule has 0 saturated heterocycles. The lowest BCUT2D eigenvalue weighted by Crippen LogP contribution is -2.23. The molecule has 1 rings (SSSR count). The maximum Gasteiger partial charge on any atom is 0.454 e. The van der Waals surface area contributed by atoms with Gasteiger partial charge in [0.05, 0.1) is 0 Å². The number of benzene rings is 1. The summed E-state index contributed by atoms with van der Waals surface area (Å²) in [6.45, 7) is 0. The molecule has 0 bridgehead atoms. The lowest BCUT2D eigenvalue weighted by molar-refractivity contribution is -0.0885. The number of ketones is 1. The number of rotatable bonds is 2. The third-order valence-corrected chi connectivity index (χ3v) is 1.84. The SMILES string of the molecule is O=C(c1ccccc1C=S)C(F)(F)F. The Hall–Kier alpha value is -1.23. The van der Waals surface area contributed by atoms with Crippen molar-refractivity contribution < 1.29 is 18.0 Å². The molecule has 14 heavy (non-hydrogen) atoms. The van der Waals surface area contributed by atoms with Crippen LogP contribution < -0.4 is 0 Å². The van der Waals surface area contributed by atoms with Crippen LogP contribution in [-0.2, 0) is 0 Å². The van der Waals surface area contributed by atoms with E-state index in [0.717, 1.165) is 11.4 Å². The molecule has 0 N–H and O–H groups in total. The molecule has 0 heterocycles. The van der Waals surface area contributed by atoms with Gasteiger partial charge in [-0.05, 0) is 5.56 Å².